The van der Waals surface area contributed by atoms with Crippen LogP contribution in [0.2, 0.25) is 5.02 Å². The van der Waals surface area contributed by atoms with Gasteiger partial charge in [-0.2, -0.15) is 0 Å². The van der Waals surface area contributed by atoms with Crippen molar-refractivity contribution in [2.24, 2.45) is 5.41 Å². The van der Waals surface area contributed by atoms with Gasteiger partial charge in [0.1, 0.15) is 17.6 Å². The molecule has 0 amide bonds. The highest BCUT2D eigenvalue weighted by atomic mass is 35.5. The molecule has 0 aliphatic heterocycles. The summed E-state index contributed by atoms with van der Waals surface area (Å²) in [5.41, 5.74) is -0.180. The van der Waals surface area contributed by atoms with E-state index < -0.39 is 0 Å². The molecule has 2 nitrogen and oxygen atoms in total. The van der Waals surface area contributed by atoms with Gasteiger partial charge in [0.2, 0.25) is 0 Å². The Labute approximate surface area is 112 Å². The Kier molecular flexibility index (Phi) is 3.06. The van der Waals surface area contributed by atoms with Gasteiger partial charge in [0.05, 0.1) is 5.41 Å². The van der Waals surface area contributed by atoms with Crippen LogP contribution in [-0.2, 0) is 4.79 Å². The SMILES string of the molecule is O=C1CC(Oc2cccc(Cl)c2)C12CCCCC2. The third-order valence-corrected chi connectivity index (χ3v) is 4.60. The Bertz CT molecular complexity index is 463. The fourth-order valence-corrected chi connectivity index (χ4v) is 3.44. The Balaban J connectivity index is 1.75. The molecule has 0 radical (unpaired) electrons. The van der Waals surface area contributed by atoms with E-state index >= 15 is 0 Å². The third-order valence-electron chi connectivity index (χ3n) is 4.36. The molecule has 1 unspecified atom stereocenters. The summed E-state index contributed by atoms with van der Waals surface area (Å²) in [6, 6.07) is 7.44. The van der Waals surface area contributed by atoms with E-state index in [1.165, 1.54) is 6.42 Å². The van der Waals surface area contributed by atoms with E-state index in [1.54, 1.807) is 0 Å². The molecular formula is C15H17ClO2. The van der Waals surface area contributed by atoms with Gasteiger partial charge in [-0.1, -0.05) is 36.9 Å². The number of rotatable bonds is 2. The molecule has 96 valence electrons. The lowest BCUT2D eigenvalue weighted by atomic mass is 9.57. The molecule has 0 saturated heterocycles. The van der Waals surface area contributed by atoms with Crippen LogP contribution in [0, 0.1) is 5.41 Å². The number of ketones is 1. The summed E-state index contributed by atoms with van der Waals surface area (Å²) in [4.78, 5) is 12.0. The molecule has 2 aliphatic carbocycles. The van der Waals surface area contributed by atoms with Crippen molar-refractivity contribution in [3.05, 3.63) is 29.3 Å². The second kappa shape index (κ2) is 4.58. The van der Waals surface area contributed by atoms with Crippen molar-refractivity contribution < 1.29 is 9.53 Å². The summed E-state index contributed by atoms with van der Waals surface area (Å²) in [6.07, 6.45) is 6.17. The molecule has 0 aromatic heterocycles. The van der Waals surface area contributed by atoms with Crippen LogP contribution in [0.25, 0.3) is 0 Å². The average Bonchev–Trinajstić information content (AvgIpc) is 2.39. The Morgan fingerprint density at radius 2 is 2.00 bits per heavy atom. The van der Waals surface area contributed by atoms with Gasteiger partial charge in [-0.3, -0.25) is 4.79 Å². The van der Waals surface area contributed by atoms with E-state index in [2.05, 4.69) is 0 Å². The van der Waals surface area contributed by atoms with Gasteiger partial charge in [0.25, 0.3) is 0 Å². The molecule has 2 fully saturated rings. The maximum atomic E-state index is 12.0. The van der Waals surface area contributed by atoms with Crippen molar-refractivity contribution in [3.63, 3.8) is 0 Å². The van der Waals surface area contributed by atoms with Crippen LogP contribution in [0.15, 0.2) is 24.3 Å². The number of carbonyl (C=O) groups is 1. The number of hydrogen-bond donors (Lipinski definition) is 0. The second-order valence-electron chi connectivity index (χ2n) is 5.41. The van der Waals surface area contributed by atoms with Gasteiger partial charge in [0.15, 0.2) is 0 Å². The van der Waals surface area contributed by atoms with E-state index in [1.807, 2.05) is 24.3 Å². The van der Waals surface area contributed by atoms with Gasteiger partial charge >= 0.3 is 0 Å². The van der Waals surface area contributed by atoms with Crippen LogP contribution in [0.4, 0.5) is 0 Å². The molecule has 0 N–H and O–H groups in total. The van der Waals surface area contributed by atoms with Gasteiger partial charge in [-0.05, 0) is 31.0 Å². The maximum absolute atomic E-state index is 12.0. The zero-order chi connectivity index (χ0) is 12.6. The van der Waals surface area contributed by atoms with Crippen LogP contribution >= 0.6 is 11.6 Å². The first kappa shape index (κ1) is 12.0. The molecule has 18 heavy (non-hydrogen) atoms. The number of benzene rings is 1. The minimum Gasteiger partial charge on any atom is -0.489 e. The van der Waals surface area contributed by atoms with Crippen LogP contribution in [-0.4, -0.2) is 11.9 Å². The zero-order valence-corrected chi connectivity index (χ0v) is 11.1. The molecule has 2 saturated carbocycles. The first-order chi connectivity index (χ1) is 8.71. The van der Waals surface area contributed by atoms with Crippen molar-refractivity contribution in [2.45, 2.75) is 44.6 Å². The Morgan fingerprint density at radius 3 is 2.67 bits per heavy atom. The standard InChI is InChI=1S/C15H17ClO2/c16-11-5-4-6-12(9-11)18-14-10-13(17)15(14)7-2-1-3-8-15/h4-6,9,14H,1-3,7-8,10H2. The number of ether oxygens (including phenoxy) is 1. The minimum atomic E-state index is -0.180. The fraction of sp³-hybridized carbons (Fsp3) is 0.533. The molecule has 1 spiro atoms. The van der Waals surface area contributed by atoms with E-state index in [0.29, 0.717) is 17.2 Å². The molecular weight excluding hydrogens is 248 g/mol. The molecule has 1 aromatic rings. The normalized spacial score (nSPS) is 25.8. The van der Waals surface area contributed by atoms with E-state index in [4.69, 9.17) is 16.3 Å². The number of carbonyl (C=O) groups excluding carboxylic acids is 1. The topological polar surface area (TPSA) is 26.3 Å². The van der Waals surface area contributed by atoms with Gasteiger partial charge in [-0.25, -0.2) is 0 Å². The molecule has 2 aliphatic rings. The van der Waals surface area contributed by atoms with Crippen LogP contribution in [0.3, 0.4) is 0 Å². The quantitative estimate of drug-likeness (QED) is 0.807. The van der Waals surface area contributed by atoms with Crippen LogP contribution < -0.4 is 4.74 Å². The van der Waals surface area contributed by atoms with E-state index in [9.17, 15) is 4.79 Å². The summed E-state index contributed by atoms with van der Waals surface area (Å²) in [5, 5.41) is 0.677. The Morgan fingerprint density at radius 1 is 1.22 bits per heavy atom. The van der Waals surface area contributed by atoms with Crippen LogP contribution in [0.1, 0.15) is 38.5 Å². The first-order valence-corrected chi connectivity index (χ1v) is 7.04. The van der Waals surface area contributed by atoms with Crippen molar-refractivity contribution in [3.8, 4) is 5.75 Å². The Hall–Kier alpha value is -1.02. The second-order valence-corrected chi connectivity index (χ2v) is 5.84. The van der Waals surface area contributed by atoms with Gasteiger partial charge in [-0.15, -0.1) is 0 Å². The van der Waals surface area contributed by atoms with Gasteiger partial charge < -0.3 is 4.74 Å². The van der Waals surface area contributed by atoms with Crippen molar-refractivity contribution in [1.82, 2.24) is 0 Å². The molecule has 1 aromatic carbocycles. The molecule has 1 atom stereocenters. The van der Waals surface area contributed by atoms with Crippen molar-refractivity contribution >= 4 is 17.4 Å². The lowest BCUT2D eigenvalue weighted by Crippen LogP contribution is -2.57. The first-order valence-electron chi connectivity index (χ1n) is 6.66. The summed E-state index contributed by atoms with van der Waals surface area (Å²) >= 11 is 5.95. The number of hydrogen-bond acceptors (Lipinski definition) is 2. The summed E-state index contributed by atoms with van der Waals surface area (Å²) in [6.45, 7) is 0. The summed E-state index contributed by atoms with van der Waals surface area (Å²) < 4.78 is 5.99. The molecule has 3 heteroatoms. The number of halogens is 1. The average molecular weight is 265 g/mol. The predicted molar refractivity (Wildman–Crippen MR) is 71.0 cm³/mol. The predicted octanol–water partition coefficient (Wildman–Crippen LogP) is 4.01. The molecule has 0 bridgehead atoms. The third kappa shape index (κ3) is 1.93. The lowest BCUT2D eigenvalue weighted by Gasteiger charge is -2.49. The highest BCUT2D eigenvalue weighted by Crippen LogP contribution is 2.50. The van der Waals surface area contributed by atoms with Crippen LogP contribution in [0.5, 0.6) is 5.75 Å². The van der Waals surface area contributed by atoms with Gasteiger partial charge in [0, 0.05) is 11.4 Å². The summed E-state index contributed by atoms with van der Waals surface area (Å²) in [5.74, 6) is 1.18. The highest BCUT2D eigenvalue weighted by Gasteiger charge is 2.56. The van der Waals surface area contributed by atoms with E-state index in [0.717, 1.165) is 31.4 Å². The number of Topliss-reactive ketones (excluding diaryl/α,β-unsaturated/α-hetero) is 1. The van der Waals surface area contributed by atoms with Crippen molar-refractivity contribution in [1.29, 1.82) is 0 Å². The fourth-order valence-electron chi connectivity index (χ4n) is 3.26. The summed E-state index contributed by atoms with van der Waals surface area (Å²) in [7, 11) is 0. The van der Waals surface area contributed by atoms with Crippen molar-refractivity contribution in [2.75, 3.05) is 0 Å². The lowest BCUT2D eigenvalue weighted by molar-refractivity contribution is -0.156. The highest BCUT2D eigenvalue weighted by molar-refractivity contribution is 6.30. The molecule has 0 heterocycles. The maximum Gasteiger partial charge on any atom is 0.146 e. The monoisotopic (exact) mass is 264 g/mol. The minimum absolute atomic E-state index is 0.0590. The zero-order valence-electron chi connectivity index (χ0n) is 10.3. The van der Waals surface area contributed by atoms with E-state index in [-0.39, 0.29) is 11.5 Å². The molecule has 3 rings (SSSR count). The largest absolute Gasteiger partial charge is 0.489 e. The smallest absolute Gasteiger partial charge is 0.146 e.